The van der Waals surface area contributed by atoms with Crippen molar-refractivity contribution >= 4 is 17.3 Å². The van der Waals surface area contributed by atoms with Crippen LogP contribution >= 0.6 is 0 Å². The largest absolute Gasteiger partial charge is 0.507 e. The number of ketones is 3. The van der Waals surface area contributed by atoms with Gasteiger partial charge in [0, 0.05) is 16.7 Å². The number of carbonyl (C=O) groups is 3. The first kappa shape index (κ1) is 15.0. The number of hydrogen-bond donors (Lipinski definition) is 2. The number of Topliss-reactive ketones (excluding diaryl/α,β-unsaturated/α-hetero) is 2. The minimum Gasteiger partial charge on any atom is -0.507 e. The molecule has 1 aromatic carbocycles. The van der Waals surface area contributed by atoms with Gasteiger partial charge in [-0.3, -0.25) is 14.4 Å². The summed E-state index contributed by atoms with van der Waals surface area (Å²) in [6.45, 7) is 1.77. The van der Waals surface area contributed by atoms with Crippen molar-refractivity contribution in [3.8, 4) is 5.75 Å². The number of aromatic hydroxyl groups is 1. The molecule has 1 aromatic rings. The number of carbonyl (C=O) groups excluding carboxylic acids is 3. The Balaban J connectivity index is 1.95. The number of aliphatic hydroxyl groups is 1. The lowest BCUT2D eigenvalue weighted by Crippen LogP contribution is -2.51. The lowest BCUT2D eigenvalue weighted by atomic mass is 9.61. The molecule has 0 saturated carbocycles. The van der Waals surface area contributed by atoms with E-state index in [-0.39, 0.29) is 46.6 Å². The summed E-state index contributed by atoms with van der Waals surface area (Å²) in [5.74, 6) is -2.43. The molecule has 4 rings (SSSR count). The van der Waals surface area contributed by atoms with Crippen LogP contribution in [0.3, 0.4) is 0 Å². The van der Waals surface area contributed by atoms with Crippen LogP contribution in [0.1, 0.15) is 46.9 Å². The zero-order valence-electron chi connectivity index (χ0n) is 13.1. The third kappa shape index (κ3) is 1.82. The molecule has 5 nitrogen and oxygen atoms in total. The molecule has 5 heteroatoms. The Bertz CT molecular complexity index is 889. The molecule has 2 N–H and O–H groups in total. The Labute approximate surface area is 138 Å². The summed E-state index contributed by atoms with van der Waals surface area (Å²) in [7, 11) is 0. The zero-order valence-corrected chi connectivity index (χ0v) is 13.1. The average Bonchev–Trinajstić information content (AvgIpc) is 2.50. The molecule has 2 unspecified atom stereocenters. The minimum atomic E-state index is -1.32. The van der Waals surface area contributed by atoms with Gasteiger partial charge in [0.1, 0.15) is 5.75 Å². The SMILES string of the molecule is CC1=CC(=O)C2C3=C(CCC2(O)C1)C(=O)c1c(O)cccc1C3=O. The smallest absolute Gasteiger partial charge is 0.193 e. The zero-order chi connectivity index (χ0) is 17.2. The first-order chi connectivity index (χ1) is 11.3. The predicted molar refractivity (Wildman–Crippen MR) is 84.8 cm³/mol. The highest BCUT2D eigenvalue weighted by molar-refractivity contribution is 6.29. The maximum absolute atomic E-state index is 13.0. The van der Waals surface area contributed by atoms with E-state index in [0.717, 1.165) is 5.57 Å². The molecule has 3 aliphatic carbocycles. The maximum Gasteiger partial charge on any atom is 0.193 e. The Morgan fingerprint density at radius 3 is 2.67 bits per heavy atom. The molecule has 0 saturated heterocycles. The van der Waals surface area contributed by atoms with Crippen LogP contribution in [0, 0.1) is 5.92 Å². The van der Waals surface area contributed by atoms with Gasteiger partial charge in [0.05, 0.1) is 17.1 Å². The quantitative estimate of drug-likeness (QED) is 0.763. The van der Waals surface area contributed by atoms with Gasteiger partial charge in [0.25, 0.3) is 0 Å². The Hall–Kier alpha value is -2.53. The van der Waals surface area contributed by atoms with E-state index in [9.17, 15) is 24.6 Å². The van der Waals surface area contributed by atoms with Gasteiger partial charge < -0.3 is 10.2 Å². The molecule has 0 heterocycles. The summed E-state index contributed by atoms with van der Waals surface area (Å²) in [5.41, 5.74) is -0.0799. The second-order valence-electron chi connectivity index (χ2n) is 6.86. The number of benzene rings is 1. The second kappa shape index (κ2) is 4.74. The molecule has 122 valence electrons. The summed E-state index contributed by atoms with van der Waals surface area (Å²) in [5, 5.41) is 21.0. The highest BCUT2D eigenvalue weighted by Gasteiger charge is 2.53. The lowest BCUT2D eigenvalue weighted by Gasteiger charge is -2.44. The molecular weight excluding hydrogens is 308 g/mol. The number of rotatable bonds is 0. The molecule has 0 radical (unpaired) electrons. The first-order valence-electron chi connectivity index (χ1n) is 7.91. The van der Waals surface area contributed by atoms with Crippen LogP contribution in [0.5, 0.6) is 5.75 Å². The highest BCUT2D eigenvalue weighted by atomic mass is 16.3. The Morgan fingerprint density at radius 1 is 1.17 bits per heavy atom. The molecule has 3 aliphatic rings. The van der Waals surface area contributed by atoms with Gasteiger partial charge >= 0.3 is 0 Å². The average molecular weight is 324 g/mol. The number of fused-ring (bicyclic) bond motifs is 3. The van der Waals surface area contributed by atoms with Crippen LogP contribution in [0.4, 0.5) is 0 Å². The Morgan fingerprint density at radius 2 is 1.92 bits per heavy atom. The predicted octanol–water partition coefficient (Wildman–Crippen LogP) is 2.13. The van der Waals surface area contributed by atoms with Crippen molar-refractivity contribution in [1.29, 1.82) is 0 Å². The summed E-state index contributed by atoms with van der Waals surface area (Å²) in [6, 6.07) is 4.33. The van der Waals surface area contributed by atoms with Gasteiger partial charge in [0.2, 0.25) is 0 Å². The fraction of sp³-hybridized carbons (Fsp3) is 0.316. The van der Waals surface area contributed by atoms with E-state index in [1.54, 1.807) is 6.92 Å². The van der Waals surface area contributed by atoms with Crippen LogP contribution in [-0.4, -0.2) is 33.2 Å². The third-order valence-electron chi connectivity index (χ3n) is 5.25. The third-order valence-corrected chi connectivity index (χ3v) is 5.25. The van der Waals surface area contributed by atoms with Crippen LogP contribution in [0.15, 0.2) is 41.0 Å². The van der Waals surface area contributed by atoms with Gasteiger partial charge in [-0.25, -0.2) is 0 Å². The van der Waals surface area contributed by atoms with E-state index in [2.05, 4.69) is 0 Å². The molecule has 0 spiro atoms. The molecule has 0 amide bonds. The van der Waals surface area contributed by atoms with Crippen LogP contribution < -0.4 is 0 Å². The van der Waals surface area contributed by atoms with E-state index >= 15 is 0 Å². The van der Waals surface area contributed by atoms with Crippen molar-refractivity contribution in [1.82, 2.24) is 0 Å². The summed E-state index contributed by atoms with van der Waals surface area (Å²) in [4.78, 5) is 38.3. The molecule has 24 heavy (non-hydrogen) atoms. The number of hydrogen-bond acceptors (Lipinski definition) is 5. The van der Waals surface area contributed by atoms with Crippen molar-refractivity contribution in [3.05, 3.63) is 52.1 Å². The van der Waals surface area contributed by atoms with Gasteiger partial charge in [-0.05, 0) is 38.3 Å². The standard InChI is InChI=1S/C19H16O5/c1-9-7-13(21)16-15-11(5-6-19(16,24)8-9)17(22)14-10(18(15)23)3-2-4-12(14)20/h2-4,7,16,20,24H,5-6,8H2,1H3. The van der Waals surface area contributed by atoms with Crippen LogP contribution in [0.25, 0.3) is 0 Å². The van der Waals surface area contributed by atoms with Gasteiger partial charge in [-0.15, -0.1) is 0 Å². The van der Waals surface area contributed by atoms with Gasteiger partial charge in [-0.1, -0.05) is 17.7 Å². The van der Waals surface area contributed by atoms with Crippen molar-refractivity contribution in [2.75, 3.05) is 0 Å². The normalized spacial score (nSPS) is 29.0. The molecule has 0 bridgehead atoms. The number of phenols is 1. The van der Waals surface area contributed by atoms with E-state index in [1.807, 2.05) is 0 Å². The van der Waals surface area contributed by atoms with Gasteiger partial charge in [-0.2, -0.15) is 0 Å². The summed E-state index contributed by atoms with van der Waals surface area (Å²) >= 11 is 0. The minimum absolute atomic E-state index is 0.00155. The maximum atomic E-state index is 13.0. The second-order valence-corrected chi connectivity index (χ2v) is 6.86. The van der Waals surface area contributed by atoms with E-state index in [1.165, 1.54) is 24.3 Å². The van der Waals surface area contributed by atoms with Crippen molar-refractivity contribution in [3.63, 3.8) is 0 Å². The van der Waals surface area contributed by atoms with Crippen molar-refractivity contribution in [2.24, 2.45) is 5.92 Å². The molecule has 2 atom stereocenters. The number of phenolic OH excluding ortho intramolecular Hbond substituents is 1. The lowest BCUT2D eigenvalue weighted by molar-refractivity contribution is -0.127. The molecular formula is C19H16O5. The van der Waals surface area contributed by atoms with Crippen molar-refractivity contribution in [2.45, 2.75) is 31.8 Å². The number of allylic oxidation sites excluding steroid dienone is 2. The summed E-state index contributed by atoms with van der Waals surface area (Å²) < 4.78 is 0. The van der Waals surface area contributed by atoms with Crippen LogP contribution in [-0.2, 0) is 4.79 Å². The molecule has 0 fully saturated rings. The highest BCUT2D eigenvalue weighted by Crippen LogP contribution is 2.48. The van der Waals surface area contributed by atoms with Crippen molar-refractivity contribution < 1.29 is 24.6 Å². The van der Waals surface area contributed by atoms with Gasteiger partial charge in [0.15, 0.2) is 17.3 Å². The van der Waals surface area contributed by atoms with Crippen LogP contribution in [0.2, 0.25) is 0 Å². The fourth-order valence-electron chi connectivity index (χ4n) is 4.29. The topological polar surface area (TPSA) is 91.7 Å². The molecule has 0 aromatic heterocycles. The van der Waals surface area contributed by atoms with E-state index in [4.69, 9.17) is 0 Å². The monoisotopic (exact) mass is 324 g/mol. The van der Waals surface area contributed by atoms with E-state index < -0.39 is 23.1 Å². The fourth-order valence-corrected chi connectivity index (χ4v) is 4.29. The first-order valence-corrected chi connectivity index (χ1v) is 7.91. The molecule has 0 aliphatic heterocycles. The van der Waals surface area contributed by atoms with E-state index in [0.29, 0.717) is 6.42 Å². The summed E-state index contributed by atoms with van der Waals surface area (Å²) in [6.07, 6.45) is 2.23. The Kier molecular flexibility index (Phi) is 2.97.